The minimum Gasteiger partial charge on any atom is -0.497 e. The molecule has 1 aliphatic rings. The number of rotatable bonds is 3. The molecule has 3 heteroatoms. The summed E-state index contributed by atoms with van der Waals surface area (Å²) in [5.74, 6) is 0.830. The first-order valence-electron chi connectivity index (χ1n) is 5.22. The number of benzene rings is 1. The maximum absolute atomic E-state index is 6.20. The fourth-order valence-electron chi connectivity index (χ4n) is 1.51. The molecule has 2 rings (SSSR count). The van der Waals surface area contributed by atoms with Crippen LogP contribution in [0, 0.1) is 0 Å². The lowest BCUT2D eigenvalue weighted by Crippen LogP contribution is -1.99. The second-order valence-corrected chi connectivity index (χ2v) is 4.79. The van der Waals surface area contributed by atoms with Crippen LogP contribution in [0.4, 0.5) is 0 Å². The first-order valence-corrected chi connectivity index (χ1v) is 5.60. The molecular weight excluding hydrogens is 224 g/mol. The molecule has 0 saturated carbocycles. The Balaban J connectivity index is 2.12. The predicted octanol–water partition coefficient (Wildman–Crippen LogP) is 3.45. The molecule has 1 unspecified atom stereocenters. The molecular formula is C13H15ClO2. The molecule has 1 aromatic rings. The summed E-state index contributed by atoms with van der Waals surface area (Å²) in [5.41, 5.74) is 0.917. The maximum atomic E-state index is 6.20. The van der Waals surface area contributed by atoms with Crippen LogP contribution in [0.25, 0.3) is 5.03 Å². The van der Waals surface area contributed by atoms with Crippen LogP contribution in [0.5, 0.6) is 5.75 Å². The van der Waals surface area contributed by atoms with Gasteiger partial charge < -0.3 is 9.47 Å². The van der Waals surface area contributed by atoms with E-state index in [-0.39, 0.29) is 11.7 Å². The van der Waals surface area contributed by atoms with Gasteiger partial charge in [-0.3, -0.25) is 0 Å². The van der Waals surface area contributed by atoms with Crippen molar-refractivity contribution in [2.75, 3.05) is 7.11 Å². The van der Waals surface area contributed by atoms with Gasteiger partial charge in [0.05, 0.1) is 12.7 Å². The average Bonchev–Trinajstić information content (AvgIpc) is 2.86. The molecule has 86 valence electrons. The van der Waals surface area contributed by atoms with Crippen molar-refractivity contribution in [1.29, 1.82) is 0 Å². The highest BCUT2D eigenvalue weighted by Gasteiger charge is 2.46. The quantitative estimate of drug-likeness (QED) is 0.753. The van der Waals surface area contributed by atoms with Crippen LogP contribution >= 0.6 is 11.6 Å². The van der Waals surface area contributed by atoms with Crippen LogP contribution in [0.3, 0.4) is 0 Å². The van der Waals surface area contributed by atoms with Gasteiger partial charge in [-0.1, -0.05) is 11.6 Å². The van der Waals surface area contributed by atoms with Crippen LogP contribution in [0.1, 0.15) is 19.4 Å². The van der Waals surface area contributed by atoms with E-state index in [1.165, 1.54) is 0 Å². The van der Waals surface area contributed by atoms with Crippen molar-refractivity contribution < 1.29 is 9.47 Å². The fourth-order valence-corrected chi connectivity index (χ4v) is 1.75. The SMILES string of the molecule is COc1ccc(C(Cl)=CC2OC2(C)C)cc1. The van der Waals surface area contributed by atoms with E-state index in [9.17, 15) is 0 Å². The molecule has 1 atom stereocenters. The number of epoxide rings is 1. The summed E-state index contributed by atoms with van der Waals surface area (Å²) in [6.45, 7) is 4.10. The number of hydrogen-bond donors (Lipinski definition) is 0. The minimum absolute atomic E-state index is 0.0629. The molecule has 0 spiro atoms. The van der Waals surface area contributed by atoms with Crippen molar-refractivity contribution in [3.63, 3.8) is 0 Å². The highest BCUT2D eigenvalue weighted by molar-refractivity contribution is 6.48. The largest absolute Gasteiger partial charge is 0.497 e. The number of hydrogen-bond acceptors (Lipinski definition) is 2. The topological polar surface area (TPSA) is 21.8 Å². The first-order chi connectivity index (χ1) is 7.53. The van der Waals surface area contributed by atoms with Crippen molar-refractivity contribution in [3.8, 4) is 5.75 Å². The summed E-state index contributed by atoms with van der Waals surface area (Å²) >= 11 is 6.20. The summed E-state index contributed by atoms with van der Waals surface area (Å²) < 4.78 is 10.5. The Labute approximate surface area is 101 Å². The van der Waals surface area contributed by atoms with E-state index in [2.05, 4.69) is 0 Å². The minimum atomic E-state index is -0.0629. The van der Waals surface area contributed by atoms with Crippen molar-refractivity contribution >= 4 is 16.6 Å². The molecule has 0 aliphatic carbocycles. The van der Waals surface area contributed by atoms with E-state index < -0.39 is 0 Å². The Bertz CT molecular complexity index is 406. The molecule has 1 saturated heterocycles. The lowest BCUT2D eigenvalue weighted by Gasteiger charge is -2.02. The van der Waals surface area contributed by atoms with E-state index in [1.54, 1.807) is 7.11 Å². The molecule has 1 heterocycles. The van der Waals surface area contributed by atoms with Crippen LogP contribution in [-0.4, -0.2) is 18.8 Å². The van der Waals surface area contributed by atoms with Gasteiger partial charge in [-0.2, -0.15) is 0 Å². The zero-order valence-corrected chi connectivity index (χ0v) is 10.4. The number of methoxy groups -OCH3 is 1. The van der Waals surface area contributed by atoms with Crippen LogP contribution < -0.4 is 4.74 Å². The molecule has 0 N–H and O–H groups in total. The van der Waals surface area contributed by atoms with Gasteiger partial charge in [0, 0.05) is 5.03 Å². The van der Waals surface area contributed by atoms with Crippen molar-refractivity contribution in [1.82, 2.24) is 0 Å². The Morgan fingerprint density at radius 1 is 1.38 bits per heavy atom. The molecule has 1 fully saturated rings. The molecule has 0 amide bonds. The zero-order chi connectivity index (χ0) is 11.8. The summed E-state index contributed by atoms with van der Waals surface area (Å²) in [7, 11) is 1.65. The molecule has 16 heavy (non-hydrogen) atoms. The van der Waals surface area contributed by atoms with Gasteiger partial charge in [0.2, 0.25) is 0 Å². The van der Waals surface area contributed by atoms with E-state index >= 15 is 0 Å². The van der Waals surface area contributed by atoms with Gasteiger partial charge in [0.25, 0.3) is 0 Å². The van der Waals surface area contributed by atoms with Gasteiger partial charge in [-0.25, -0.2) is 0 Å². The molecule has 1 aliphatic heterocycles. The smallest absolute Gasteiger partial charge is 0.118 e. The predicted molar refractivity (Wildman–Crippen MR) is 65.8 cm³/mol. The average molecular weight is 239 g/mol. The monoisotopic (exact) mass is 238 g/mol. The first kappa shape index (κ1) is 11.5. The highest BCUT2D eigenvalue weighted by Crippen LogP contribution is 2.38. The number of halogens is 1. The van der Waals surface area contributed by atoms with Gasteiger partial charge in [-0.15, -0.1) is 0 Å². The summed E-state index contributed by atoms with van der Waals surface area (Å²) in [6.07, 6.45) is 2.07. The fraction of sp³-hybridized carbons (Fsp3) is 0.385. The van der Waals surface area contributed by atoms with E-state index in [0.717, 1.165) is 16.3 Å². The third kappa shape index (κ3) is 2.39. The van der Waals surface area contributed by atoms with E-state index in [1.807, 2.05) is 44.2 Å². The Hall–Kier alpha value is -0.990. The Morgan fingerprint density at radius 3 is 2.38 bits per heavy atom. The van der Waals surface area contributed by atoms with Crippen LogP contribution in [0.2, 0.25) is 0 Å². The normalized spacial score (nSPS) is 23.0. The van der Waals surface area contributed by atoms with Gasteiger partial charge in [0.1, 0.15) is 11.9 Å². The van der Waals surface area contributed by atoms with Crippen molar-refractivity contribution in [2.24, 2.45) is 0 Å². The second-order valence-electron chi connectivity index (χ2n) is 4.39. The van der Waals surface area contributed by atoms with Gasteiger partial charge >= 0.3 is 0 Å². The lowest BCUT2D eigenvalue weighted by molar-refractivity contribution is 0.334. The van der Waals surface area contributed by atoms with Crippen LogP contribution in [0.15, 0.2) is 30.3 Å². The Kier molecular flexibility index (Phi) is 2.96. The third-order valence-corrected chi connectivity index (χ3v) is 3.07. The second kappa shape index (κ2) is 4.11. The van der Waals surface area contributed by atoms with E-state index in [0.29, 0.717) is 0 Å². The number of ether oxygens (including phenoxy) is 2. The standard InChI is InChI=1S/C13H15ClO2/c1-13(2)12(16-13)8-11(14)9-4-6-10(15-3)7-5-9/h4-8,12H,1-3H3. The molecule has 2 nitrogen and oxygen atoms in total. The molecule has 0 aromatic heterocycles. The third-order valence-electron chi connectivity index (χ3n) is 2.72. The van der Waals surface area contributed by atoms with Gasteiger partial charge in [0.15, 0.2) is 0 Å². The maximum Gasteiger partial charge on any atom is 0.118 e. The zero-order valence-electron chi connectivity index (χ0n) is 9.66. The van der Waals surface area contributed by atoms with Crippen molar-refractivity contribution in [2.45, 2.75) is 25.6 Å². The molecule has 1 aromatic carbocycles. The van der Waals surface area contributed by atoms with Gasteiger partial charge in [-0.05, 0) is 49.8 Å². The highest BCUT2D eigenvalue weighted by atomic mass is 35.5. The summed E-state index contributed by atoms with van der Waals surface area (Å²) in [6, 6.07) is 7.66. The summed E-state index contributed by atoms with van der Waals surface area (Å²) in [4.78, 5) is 0. The Morgan fingerprint density at radius 2 is 1.94 bits per heavy atom. The van der Waals surface area contributed by atoms with Crippen LogP contribution in [-0.2, 0) is 4.74 Å². The molecule has 0 radical (unpaired) electrons. The lowest BCUT2D eigenvalue weighted by atomic mass is 10.1. The van der Waals surface area contributed by atoms with E-state index in [4.69, 9.17) is 21.1 Å². The summed E-state index contributed by atoms with van der Waals surface area (Å²) in [5, 5.41) is 0.721. The molecule has 0 bridgehead atoms. The van der Waals surface area contributed by atoms with Crippen molar-refractivity contribution in [3.05, 3.63) is 35.9 Å².